The Morgan fingerprint density at radius 1 is 0.707 bits per heavy atom. The van der Waals surface area contributed by atoms with Crippen LogP contribution < -0.4 is 0 Å². The summed E-state index contributed by atoms with van der Waals surface area (Å²) in [4.78, 5) is 36.4. The van der Waals surface area contributed by atoms with Crippen LogP contribution in [0.3, 0.4) is 0 Å². The molecule has 41 heavy (non-hydrogen) atoms. The molecule has 0 saturated heterocycles. The fraction of sp³-hybridized carbons (Fsp3) is 0.848. The minimum atomic E-state index is -0.881. The van der Waals surface area contributed by atoms with Gasteiger partial charge in [0.25, 0.3) is 0 Å². The third-order valence-electron chi connectivity index (χ3n) is 7.18. The average molecular weight is 585 g/mol. The molecule has 1 N–H and O–H groups in total. The molecule has 0 radical (unpaired) electrons. The molecule has 0 spiro atoms. The molecule has 0 rings (SSSR count). The molecule has 0 aromatic rings. The monoisotopic (exact) mass is 584 g/mol. The van der Waals surface area contributed by atoms with Gasteiger partial charge in [0.05, 0.1) is 34.4 Å². The highest BCUT2D eigenvalue weighted by molar-refractivity contribution is 5.72. The molecule has 0 aliphatic rings. The van der Waals surface area contributed by atoms with Crippen LogP contribution in [0, 0.1) is 0 Å². The van der Waals surface area contributed by atoms with E-state index in [0.29, 0.717) is 19.3 Å². The second-order valence-corrected chi connectivity index (χ2v) is 12.1. The van der Waals surface area contributed by atoms with Gasteiger partial charge < -0.3 is 23.8 Å². The normalized spacial score (nSPS) is 13.3. The van der Waals surface area contributed by atoms with Crippen molar-refractivity contribution in [3.05, 3.63) is 12.2 Å². The highest BCUT2D eigenvalue weighted by Gasteiger charge is 2.31. The molecule has 2 atom stereocenters. The number of carboxylic acid groups (broad SMARTS) is 1. The van der Waals surface area contributed by atoms with Gasteiger partial charge in [-0.15, -0.1) is 0 Å². The van der Waals surface area contributed by atoms with Gasteiger partial charge in [0.1, 0.15) is 6.61 Å². The van der Waals surface area contributed by atoms with Crippen molar-refractivity contribution >= 4 is 17.9 Å². The number of ether oxygens (including phenoxy) is 3. The molecule has 0 heterocycles. The van der Waals surface area contributed by atoms with Crippen LogP contribution in [0.1, 0.15) is 129 Å². The van der Waals surface area contributed by atoms with Gasteiger partial charge in [0, 0.05) is 19.3 Å². The van der Waals surface area contributed by atoms with Crippen molar-refractivity contribution in [2.24, 2.45) is 0 Å². The lowest BCUT2D eigenvalue weighted by Gasteiger charge is -2.31. The number of rotatable bonds is 28. The molecule has 0 bridgehead atoms. The maximum absolute atomic E-state index is 12.5. The molecule has 0 fully saturated rings. The van der Waals surface area contributed by atoms with Gasteiger partial charge in [-0.25, -0.2) is 4.79 Å². The number of likely N-dealkylation sites (N-methyl/N-ethyl adjacent to an activating group) is 1. The van der Waals surface area contributed by atoms with E-state index in [-0.39, 0.29) is 42.7 Å². The van der Waals surface area contributed by atoms with E-state index in [2.05, 4.69) is 19.9 Å². The predicted octanol–water partition coefficient (Wildman–Crippen LogP) is 7.24. The number of carboxylic acids is 1. The Bertz CT molecular complexity index is 702. The van der Waals surface area contributed by atoms with Crippen LogP contribution in [-0.2, 0) is 28.6 Å². The van der Waals surface area contributed by atoms with E-state index >= 15 is 0 Å². The molecule has 8 heteroatoms. The second kappa shape index (κ2) is 25.8. The SMILES string of the molecule is CCCCCC/C=C/CCC(=O)OCC(COCCC(C(=O)O)[N+](C)(C)C)OC(=O)CCCCCCCCCCC. The number of allylic oxidation sites excluding steroid dienone is 2. The molecule has 0 aromatic heterocycles. The van der Waals surface area contributed by atoms with E-state index in [0.717, 1.165) is 25.7 Å². The number of nitrogens with zero attached hydrogens (tertiary/aromatic N) is 1. The van der Waals surface area contributed by atoms with Crippen molar-refractivity contribution in [2.45, 2.75) is 142 Å². The standard InChI is InChI=1S/C33H61NO7/c1-6-8-10-12-14-16-18-20-22-24-32(36)41-29(27-39-26-25-30(33(37)38)34(3,4)5)28-40-31(35)23-21-19-17-15-13-11-9-7-2/h17,19,29-30H,6-16,18,20-28H2,1-5H3/p+1/b19-17+. The zero-order valence-electron chi connectivity index (χ0n) is 27.0. The average Bonchev–Trinajstić information content (AvgIpc) is 2.91. The van der Waals surface area contributed by atoms with Crippen LogP contribution >= 0.6 is 0 Å². The summed E-state index contributed by atoms with van der Waals surface area (Å²) in [7, 11) is 5.49. The summed E-state index contributed by atoms with van der Waals surface area (Å²) >= 11 is 0. The Kier molecular flexibility index (Phi) is 24.5. The predicted molar refractivity (Wildman–Crippen MR) is 165 cm³/mol. The van der Waals surface area contributed by atoms with E-state index in [1.807, 2.05) is 27.2 Å². The maximum Gasteiger partial charge on any atom is 0.362 e. The molecule has 8 nitrogen and oxygen atoms in total. The van der Waals surface area contributed by atoms with Crippen LogP contribution in [0.4, 0.5) is 0 Å². The number of hydrogen-bond donors (Lipinski definition) is 1. The van der Waals surface area contributed by atoms with Crippen LogP contribution in [-0.4, -0.2) is 80.6 Å². The minimum absolute atomic E-state index is 0.0535. The summed E-state index contributed by atoms with van der Waals surface area (Å²) in [6, 6.07) is -0.611. The van der Waals surface area contributed by atoms with Crippen molar-refractivity contribution < 1.29 is 38.2 Å². The third kappa shape index (κ3) is 24.4. The molecule has 0 aromatic carbocycles. The van der Waals surface area contributed by atoms with E-state index in [9.17, 15) is 19.5 Å². The lowest BCUT2D eigenvalue weighted by atomic mass is 10.1. The van der Waals surface area contributed by atoms with Crippen molar-refractivity contribution in [3.63, 3.8) is 0 Å². The number of hydrogen-bond acceptors (Lipinski definition) is 6. The summed E-state index contributed by atoms with van der Waals surface area (Å²) < 4.78 is 17.0. The molecular formula is C33H62NO7+. The van der Waals surface area contributed by atoms with Gasteiger partial charge >= 0.3 is 17.9 Å². The number of carbonyl (C=O) groups excluding carboxylic acids is 2. The zero-order chi connectivity index (χ0) is 30.8. The van der Waals surface area contributed by atoms with Crippen LogP contribution in [0.25, 0.3) is 0 Å². The molecule has 2 unspecified atom stereocenters. The zero-order valence-corrected chi connectivity index (χ0v) is 27.0. The molecule has 0 amide bonds. The van der Waals surface area contributed by atoms with Crippen molar-refractivity contribution in [2.75, 3.05) is 41.0 Å². The van der Waals surface area contributed by atoms with Gasteiger partial charge in [-0.3, -0.25) is 9.59 Å². The summed E-state index contributed by atoms with van der Waals surface area (Å²) in [6.45, 7) is 4.60. The van der Waals surface area contributed by atoms with Crippen LogP contribution in [0.5, 0.6) is 0 Å². The van der Waals surface area contributed by atoms with Crippen LogP contribution in [0.2, 0.25) is 0 Å². The first kappa shape index (κ1) is 39.1. The Hall–Kier alpha value is -1.93. The smallest absolute Gasteiger partial charge is 0.362 e. The van der Waals surface area contributed by atoms with E-state index in [1.54, 1.807) is 0 Å². The highest BCUT2D eigenvalue weighted by atomic mass is 16.6. The maximum atomic E-state index is 12.5. The van der Waals surface area contributed by atoms with E-state index in [4.69, 9.17) is 14.2 Å². The highest BCUT2D eigenvalue weighted by Crippen LogP contribution is 2.12. The number of aliphatic carboxylic acids is 1. The topological polar surface area (TPSA) is 99.1 Å². The first-order valence-electron chi connectivity index (χ1n) is 16.2. The van der Waals surface area contributed by atoms with Crippen molar-refractivity contribution in [1.82, 2.24) is 0 Å². The molecular weight excluding hydrogens is 522 g/mol. The Balaban J connectivity index is 4.55. The second-order valence-electron chi connectivity index (χ2n) is 12.1. The number of carbonyl (C=O) groups is 3. The fourth-order valence-electron chi connectivity index (χ4n) is 4.58. The van der Waals surface area contributed by atoms with Gasteiger partial charge in [-0.05, 0) is 25.7 Å². The summed E-state index contributed by atoms with van der Waals surface area (Å²) in [5.74, 6) is -1.54. The minimum Gasteiger partial charge on any atom is -0.477 e. The first-order valence-corrected chi connectivity index (χ1v) is 16.2. The summed E-state index contributed by atoms with van der Waals surface area (Å²) in [5, 5.41) is 9.52. The van der Waals surface area contributed by atoms with Gasteiger partial charge in [-0.2, -0.15) is 0 Å². The Labute approximate surface area is 250 Å². The van der Waals surface area contributed by atoms with Gasteiger partial charge in [0.2, 0.25) is 0 Å². The fourth-order valence-corrected chi connectivity index (χ4v) is 4.58. The van der Waals surface area contributed by atoms with E-state index < -0.39 is 18.1 Å². The largest absolute Gasteiger partial charge is 0.477 e. The molecule has 0 aliphatic carbocycles. The van der Waals surface area contributed by atoms with Crippen LogP contribution in [0.15, 0.2) is 12.2 Å². The quantitative estimate of drug-likeness (QED) is 0.0448. The van der Waals surface area contributed by atoms with Crippen molar-refractivity contribution in [1.29, 1.82) is 0 Å². The molecule has 0 aliphatic heterocycles. The number of unbranched alkanes of at least 4 members (excludes halogenated alkanes) is 12. The first-order chi connectivity index (χ1) is 19.6. The van der Waals surface area contributed by atoms with Crippen molar-refractivity contribution in [3.8, 4) is 0 Å². The Morgan fingerprint density at radius 2 is 1.27 bits per heavy atom. The molecule has 240 valence electrons. The molecule has 0 saturated carbocycles. The number of quaternary nitrogens is 1. The number of esters is 2. The van der Waals surface area contributed by atoms with E-state index in [1.165, 1.54) is 64.2 Å². The lowest BCUT2D eigenvalue weighted by molar-refractivity contribution is -0.887. The van der Waals surface area contributed by atoms with Gasteiger partial charge in [-0.1, -0.05) is 96.6 Å². The summed E-state index contributed by atoms with van der Waals surface area (Å²) in [6.07, 6.45) is 21.3. The lowest BCUT2D eigenvalue weighted by Crippen LogP contribution is -2.50. The Morgan fingerprint density at radius 3 is 1.85 bits per heavy atom. The third-order valence-corrected chi connectivity index (χ3v) is 7.18. The van der Waals surface area contributed by atoms with Gasteiger partial charge in [0.15, 0.2) is 12.1 Å². The summed E-state index contributed by atoms with van der Waals surface area (Å²) in [5.41, 5.74) is 0.